The van der Waals surface area contributed by atoms with Crippen molar-refractivity contribution in [3.63, 3.8) is 0 Å². The molecule has 1 saturated carbocycles. The normalized spacial score (nSPS) is 18.8. The predicted octanol–water partition coefficient (Wildman–Crippen LogP) is 3.94. The Morgan fingerprint density at radius 2 is 2.07 bits per heavy atom. The molecule has 7 heteroatoms. The lowest BCUT2D eigenvalue weighted by atomic mass is 9.88. The number of anilines is 1. The molecule has 158 valence electrons. The number of morpholine rings is 1. The zero-order chi connectivity index (χ0) is 20.1. The van der Waals surface area contributed by atoms with Crippen LogP contribution in [0.5, 0.6) is 5.75 Å². The summed E-state index contributed by atoms with van der Waals surface area (Å²) < 4.78 is 11.9. The summed E-state index contributed by atoms with van der Waals surface area (Å²) >= 11 is 1.59. The molecule has 0 spiro atoms. The van der Waals surface area contributed by atoms with E-state index in [2.05, 4.69) is 4.90 Å². The number of ether oxygens (including phenoxy) is 2. The van der Waals surface area contributed by atoms with Crippen molar-refractivity contribution in [2.24, 2.45) is 5.92 Å². The van der Waals surface area contributed by atoms with E-state index in [1.165, 1.54) is 6.42 Å². The molecule has 1 aromatic carbocycles. The maximum Gasteiger partial charge on any atom is 0.231 e. The quantitative estimate of drug-likeness (QED) is 0.683. The van der Waals surface area contributed by atoms with Gasteiger partial charge in [-0.25, -0.2) is 4.98 Å². The molecule has 1 aliphatic carbocycles. The van der Waals surface area contributed by atoms with Crippen LogP contribution in [-0.4, -0.2) is 62.3 Å². The first kappa shape index (κ1) is 20.6. The van der Waals surface area contributed by atoms with E-state index < -0.39 is 0 Å². The van der Waals surface area contributed by atoms with Gasteiger partial charge in [0.05, 0.1) is 30.5 Å². The van der Waals surface area contributed by atoms with Crippen molar-refractivity contribution in [2.75, 3.05) is 51.4 Å². The summed E-state index contributed by atoms with van der Waals surface area (Å²) in [4.78, 5) is 22.6. The second kappa shape index (κ2) is 9.87. The lowest BCUT2D eigenvalue weighted by molar-refractivity contribution is -0.123. The van der Waals surface area contributed by atoms with E-state index in [-0.39, 0.29) is 11.8 Å². The van der Waals surface area contributed by atoms with Gasteiger partial charge in [0.2, 0.25) is 5.91 Å². The highest BCUT2D eigenvalue weighted by molar-refractivity contribution is 7.22. The van der Waals surface area contributed by atoms with Crippen LogP contribution in [0.2, 0.25) is 0 Å². The van der Waals surface area contributed by atoms with Crippen LogP contribution in [-0.2, 0) is 9.53 Å². The number of rotatable bonds is 7. The van der Waals surface area contributed by atoms with E-state index in [4.69, 9.17) is 14.5 Å². The highest BCUT2D eigenvalue weighted by Crippen LogP contribution is 2.34. The molecule has 2 fully saturated rings. The van der Waals surface area contributed by atoms with Crippen molar-refractivity contribution >= 4 is 32.6 Å². The van der Waals surface area contributed by atoms with Crippen molar-refractivity contribution in [3.8, 4) is 5.75 Å². The number of aromatic nitrogens is 1. The highest BCUT2D eigenvalue weighted by atomic mass is 32.1. The van der Waals surface area contributed by atoms with Crippen LogP contribution in [0.25, 0.3) is 10.2 Å². The van der Waals surface area contributed by atoms with Crippen molar-refractivity contribution in [1.82, 2.24) is 9.88 Å². The Balaban J connectivity index is 1.51. The third kappa shape index (κ3) is 5.08. The first-order valence-electron chi connectivity index (χ1n) is 10.8. The number of hydrogen-bond donors (Lipinski definition) is 0. The van der Waals surface area contributed by atoms with E-state index in [1.807, 2.05) is 23.1 Å². The van der Waals surface area contributed by atoms with E-state index in [1.54, 1.807) is 18.4 Å². The predicted molar refractivity (Wildman–Crippen MR) is 117 cm³/mol. The molecule has 1 saturated heterocycles. The maximum atomic E-state index is 13.4. The van der Waals surface area contributed by atoms with Gasteiger partial charge in [-0.05, 0) is 37.5 Å². The zero-order valence-electron chi connectivity index (χ0n) is 17.3. The first-order chi connectivity index (χ1) is 14.2. The monoisotopic (exact) mass is 417 g/mol. The van der Waals surface area contributed by atoms with E-state index in [9.17, 15) is 4.79 Å². The number of carbonyl (C=O) groups is 1. The number of fused-ring (bicyclic) bond motifs is 1. The standard InChI is InChI=1S/C22H31N3O3S/c1-27-18-8-9-19-20(16-18)29-22(23-19)25(21(26)17-6-3-2-4-7-17)11-5-10-24-12-14-28-15-13-24/h8-9,16-17H,2-7,10-15H2,1H3. The molecule has 4 rings (SSSR count). The van der Waals surface area contributed by atoms with Gasteiger partial charge in [0, 0.05) is 32.1 Å². The largest absolute Gasteiger partial charge is 0.497 e. The van der Waals surface area contributed by atoms with Gasteiger partial charge in [0.15, 0.2) is 5.13 Å². The van der Waals surface area contributed by atoms with Gasteiger partial charge >= 0.3 is 0 Å². The Morgan fingerprint density at radius 3 is 2.83 bits per heavy atom. The topological polar surface area (TPSA) is 54.9 Å². The maximum absolute atomic E-state index is 13.4. The Kier molecular flexibility index (Phi) is 7.00. The number of hydrogen-bond acceptors (Lipinski definition) is 6. The summed E-state index contributed by atoms with van der Waals surface area (Å²) in [5.41, 5.74) is 0.931. The van der Waals surface area contributed by atoms with E-state index in [0.717, 1.165) is 92.6 Å². The first-order valence-corrected chi connectivity index (χ1v) is 11.6. The Bertz CT molecular complexity index is 813. The van der Waals surface area contributed by atoms with Crippen molar-refractivity contribution in [3.05, 3.63) is 18.2 Å². The fourth-order valence-corrected chi connectivity index (χ4v) is 5.31. The molecule has 0 unspecified atom stereocenters. The number of benzene rings is 1. The molecule has 29 heavy (non-hydrogen) atoms. The van der Waals surface area contributed by atoms with Gasteiger partial charge in [0.1, 0.15) is 5.75 Å². The van der Waals surface area contributed by atoms with Crippen molar-refractivity contribution in [2.45, 2.75) is 38.5 Å². The van der Waals surface area contributed by atoms with Crippen LogP contribution in [0.1, 0.15) is 38.5 Å². The number of carbonyl (C=O) groups excluding carboxylic acids is 1. The third-order valence-electron chi connectivity index (χ3n) is 6.00. The number of methoxy groups -OCH3 is 1. The summed E-state index contributed by atoms with van der Waals surface area (Å²) in [6.45, 7) is 5.31. The molecule has 6 nitrogen and oxygen atoms in total. The van der Waals surface area contributed by atoms with Crippen molar-refractivity contribution < 1.29 is 14.3 Å². The summed E-state index contributed by atoms with van der Waals surface area (Å²) in [5.74, 6) is 1.23. The van der Waals surface area contributed by atoms with Crippen LogP contribution >= 0.6 is 11.3 Å². The molecular weight excluding hydrogens is 386 g/mol. The van der Waals surface area contributed by atoms with Gasteiger partial charge in [-0.1, -0.05) is 30.6 Å². The van der Waals surface area contributed by atoms with E-state index in [0.29, 0.717) is 0 Å². The van der Waals surface area contributed by atoms with Gasteiger partial charge in [-0.15, -0.1) is 0 Å². The molecule has 2 aromatic rings. The third-order valence-corrected chi connectivity index (χ3v) is 7.04. The summed E-state index contributed by atoms with van der Waals surface area (Å²) in [7, 11) is 1.67. The molecule has 1 amide bonds. The second-order valence-electron chi connectivity index (χ2n) is 7.96. The smallest absolute Gasteiger partial charge is 0.231 e. The highest BCUT2D eigenvalue weighted by Gasteiger charge is 2.28. The van der Waals surface area contributed by atoms with Gasteiger partial charge in [-0.2, -0.15) is 0 Å². The van der Waals surface area contributed by atoms with Gasteiger partial charge in [0.25, 0.3) is 0 Å². The minimum atomic E-state index is 0.147. The van der Waals surface area contributed by atoms with Crippen molar-refractivity contribution in [1.29, 1.82) is 0 Å². The van der Waals surface area contributed by atoms with Gasteiger partial charge in [-0.3, -0.25) is 14.6 Å². The Hall–Kier alpha value is -1.70. The van der Waals surface area contributed by atoms with Gasteiger partial charge < -0.3 is 9.47 Å². The average molecular weight is 418 g/mol. The fraction of sp³-hybridized carbons (Fsp3) is 0.636. The van der Waals surface area contributed by atoms with Crippen LogP contribution < -0.4 is 9.64 Å². The molecule has 2 heterocycles. The lowest BCUT2D eigenvalue weighted by Gasteiger charge is -2.30. The molecule has 0 N–H and O–H groups in total. The minimum Gasteiger partial charge on any atom is -0.497 e. The molecular formula is C22H31N3O3S. The van der Waals surface area contributed by atoms with Crippen LogP contribution in [0, 0.1) is 5.92 Å². The van der Waals surface area contributed by atoms with Crippen LogP contribution in [0.15, 0.2) is 18.2 Å². The Morgan fingerprint density at radius 1 is 1.28 bits per heavy atom. The molecule has 0 atom stereocenters. The zero-order valence-corrected chi connectivity index (χ0v) is 18.1. The van der Waals surface area contributed by atoms with Crippen LogP contribution in [0.4, 0.5) is 5.13 Å². The minimum absolute atomic E-state index is 0.147. The summed E-state index contributed by atoms with van der Waals surface area (Å²) in [6.07, 6.45) is 6.55. The summed E-state index contributed by atoms with van der Waals surface area (Å²) in [5, 5.41) is 0.825. The Labute approximate surface area is 176 Å². The second-order valence-corrected chi connectivity index (χ2v) is 8.97. The molecule has 2 aliphatic rings. The van der Waals surface area contributed by atoms with Crippen LogP contribution in [0.3, 0.4) is 0 Å². The number of amides is 1. The SMILES string of the molecule is COc1ccc2nc(N(CCCN3CCOCC3)C(=O)C3CCCCC3)sc2c1. The molecule has 1 aromatic heterocycles. The lowest BCUT2D eigenvalue weighted by Crippen LogP contribution is -2.41. The van der Waals surface area contributed by atoms with E-state index >= 15 is 0 Å². The molecule has 0 bridgehead atoms. The number of thiazole rings is 1. The number of nitrogens with zero attached hydrogens (tertiary/aromatic N) is 3. The molecule has 0 radical (unpaired) electrons. The molecule has 1 aliphatic heterocycles. The average Bonchev–Trinajstić information content (AvgIpc) is 3.20. The fourth-order valence-electron chi connectivity index (χ4n) is 4.28. The summed E-state index contributed by atoms with van der Waals surface area (Å²) in [6, 6.07) is 5.91.